The number of carbonyl (C=O) groups excluding carboxylic acids is 5. The number of aliphatic carboxylic acids is 10. The normalized spacial score (nSPS) is 8.09. The van der Waals surface area contributed by atoms with E-state index in [0.717, 1.165) is 0 Å². The molecule has 0 aliphatic heterocycles. The fourth-order valence-corrected chi connectivity index (χ4v) is 1.06. The van der Waals surface area contributed by atoms with Crippen LogP contribution in [0, 0.1) is 0 Å². The zero-order valence-corrected chi connectivity index (χ0v) is 25.3. The summed E-state index contributed by atoms with van der Waals surface area (Å²) in [7, 11) is 0. The second-order valence-electron chi connectivity index (χ2n) is 6.49. The molecular formula is C20H20O25V2. The van der Waals surface area contributed by atoms with Crippen molar-refractivity contribution in [2.24, 2.45) is 0 Å². The van der Waals surface area contributed by atoms with E-state index in [2.05, 4.69) is 0 Å². The number of ketones is 5. The second kappa shape index (κ2) is 31.6. The Kier molecular flexibility index (Phi) is 38.3. The summed E-state index contributed by atoms with van der Waals surface area (Å²) >= 11 is 0. The zero-order valence-electron chi connectivity index (χ0n) is 22.5. The molecule has 27 heteroatoms. The van der Waals surface area contributed by atoms with Crippen molar-refractivity contribution in [1.29, 1.82) is 0 Å². The predicted octanol–water partition coefficient (Wildman–Crippen LogP) is -4.43. The van der Waals surface area contributed by atoms with Gasteiger partial charge in [0.15, 0.2) is 0 Å². The minimum Gasteiger partial charge on any atom is -0.481 e. The summed E-state index contributed by atoms with van der Waals surface area (Å²) in [4.78, 5) is 146. The maximum absolute atomic E-state index is 9.97. The Morgan fingerprint density at radius 1 is 0.234 bits per heavy atom. The fraction of sp³-hybridized carbons (Fsp3) is 0.250. The van der Waals surface area contributed by atoms with Gasteiger partial charge in [-0.3, -0.25) is 47.9 Å². The van der Waals surface area contributed by atoms with E-state index >= 15 is 0 Å². The topological polar surface area (TPSA) is 458 Å². The van der Waals surface area contributed by atoms with Crippen LogP contribution in [0.2, 0.25) is 0 Å². The third kappa shape index (κ3) is 50.2. The summed E-state index contributed by atoms with van der Waals surface area (Å²) in [5.74, 6) is -22.2. The molecule has 2 radical (unpaired) electrons. The van der Waals surface area contributed by atoms with Crippen LogP contribution < -0.4 is 0 Å². The van der Waals surface area contributed by atoms with Gasteiger partial charge in [0.2, 0.25) is 0 Å². The van der Waals surface area contributed by atoms with Crippen LogP contribution in [-0.2, 0) is 109 Å². The molecule has 0 saturated carbocycles. The summed E-state index contributed by atoms with van der Waals surface area (Å²) < 4.78 is 0. The van der Waals surface area contributed by atoms with Crippen LogP contribution in [0.5, 0.6) is 0 Å². The molecule has 0 bridgehead atoms. The van der Waals surface area contributed by atoms with E-state index in [0.29, 0.717) is 0 Å². The summed E-state index contributed by atoms with van der Waals surface area (Å²) in [5.41, 5.74) is 0. The van der Waals surface area contributed by atoms with Gasteiger partial charge in [-0.1, -0.05) is 0 Å². The number of carboxylic acid groups (broad SMARTS) is 10. The van der Waals surface area contributed by atoms with Crippen molar-refractivity contribution < 1.29 is 160 Å². The van der Waals surface area contributed by atoms with Crippen molar-refractivity contribution >= 4 is 88.6 Å². The van der Waals surface area contributed by atoms with Gasteiger partial charge in [-0.25, -0.2) is 24.0 Å². The van der Waals surface area contributed by atoms with E-state index in [1.165, 1.54) is 0 Å². The largest absolute Gasteiger partial charge is 0.481 e. The quantitative estimate of drug-likeness (QED) is 0.0556. The minimum atomic E-state index is -1.71. The molecule has 0 rings (SSSR count). The van der Waals surface area contributed by atoms with Crippen LogP contribution in [0.4, 0.5) is 0 Å². The Bertz CT molecular complexity index is 1020. The predicted molar refractivity (Wildman–Crippen MR) is 124 cm³/mol. The van der Waals surface area contributed by atoms with Gasteiger partial charge in [-0.2, -0.15) is 0 Å². The zero-order chi connectivity index (χ0) is 37.2. The van der Waals surface area contributed by atoms with E-state index in [9.17, 15) is 71.9 Å². The smallest absolute Gasteiger partial charge is 0.372 e. The molecule has 47 heavy (non-hydrogen) atoms. The average Bonchev–Trinajstić information content (AvgIpc) is 2.83. The molecule has 0 aromatic rings. The molecule has 0 amide bonds. The molecule has 0 aliphatic rings. The van der Waals surface area contributed by atoms with Gasteiger partial charge < -0.3 is 51.1 Å². The molecule has 10 N–H and O–H groups in total. The summed E-state index contributed by atoms with van der Waals surface area (Å²) in [6.07, 6.45) is -4.75. The standard InChI is InChI=1S/5C4H4O5.2V/c5*5-2(4(8)9)1-3(6)7;;/h5*1H2,(H,6,7)(H,8,9);;. The maximum Gasteiger partial charge on any atom is 0.372 e. The average molecular weight is 762 g/mol. The van der Waals surface area contributed by atoms with Crippen molar-refractivity contribution in [3.63, 3.8) is 0 Å². The Morgan fingerprint density at radius 2 is 0.319 bits per heavy atom. The molecule has 0 atom stereocenters. The first kappa shape index (κ1) is 56.9. The van der Waals surface area contributed by atoms with Crippen molar-refractivity contribution in [2.75, 3.05) is 0 Å². The third-order valence-corrected chi connectivity index (χ3v) is 2.75. The van der Waals surface area contributed by atoms with Gasteiger partial charge in [0.1, 0.15) is 32.1 Å². The molecule has 0 aromatic carbocycles. The van der Waals surface area contributed by atoms with Crippen molar-refractivity contribution in [3.05, 3.63) is 0 Å². The van der Waals surface area contributed by atoms with Crippen LogP contribution in [0.15, 0.2) is 0 Å². The minimum absolute atomic E-state index is 0. The number of Topliss-reactive ketones (excluding diaryl/α,β-unsaturated/α-hetero) is 5. The van der Waals surface area contributed by atoms with Crippen molar-refractivity contribution in [3.8, 4) is 0 Å². The molecule has 260 valence electrons. The Hall–Kier alpha value is -5.78. The molecule has 0 fully saturated rings. The molecule has 0 aliphatic carbocycles. The van der Waals surface area contributed by atoms with Gasteiger partial charge in [-0.15, -0.1) is 0 Å². The van der Waals surface area contributed by atoms with E-state index < -0.39 is 121 Å². The molecular weight excluding hydrogens is 742 g/mol. The van der Waals surface area contributed by atoms with E-state index in [1.54, 1.807) is 0 Å². The first-order chi connectivity index (χ1) is 20.2. The van der Waals surface area contributed by atoms with Gasteiger partial charge in [0, 0.05) is 37.1 Å². The molecule has 25 nitrogen and oxygen atoms in total. The summed E-state index contributed by atoms with van der Waals surface area (Å²) in [6.45, 7) is 0. The first-order valence-electron chi connectivity index (χ1n) is 10.1. The number of rotatable bonds is 15. The number of carbonyl (C=O) groups is 15. The van der Waals surface area contributed by atoms with Crippen LogP contribution in [0.25, 0.3) is 0 Å². The SMILES string of the molecule is O=C(O)CC(=O)C(=O)O.O=C(O)CC(=O)C(=O)O.O=C(O)CC(=O)C(=O)O.O=C(O)CC(=O)C(=O)O.O=C(O)CC(=O)C(=O)O.[V].[V]. The Morgan fingerprint density at radius 3 is 0.340 bits per heavy atom. The summed E-state index contributed by atoms with van der Waals surface area (Å²) in [6, 6.07) is 0. The van der Waals surface area contributed by atoms with E-state index in [4.69, 9.17) is 51.1 Å². The van der Waals surface area contributed by atoms with Crippen LogP contribution in [0.3, 0.4) is 0 Å². The monoisotopic (exact) mass is 762 g/mol. The Labute approximate surface area is 280 Å². The van der Waals surface area contributed by atoms with E-state index in [-0.39, 0.29) is 37.1 Å². The molecule has 0 spiro atoms. The third-order valence-electron chi connectivity index (χ3n) is 2.75. The second-order valence-corrected chi connectivity index (χ2v) is 6.49. The fourth-order valence-electron chi connectivity index (χ4n) is 1.06. The van der Waals surface area contributed by atoms with E-state index in [1.807, 2.05) is 0 Å². The molecule has 0 heterocycles. The van der Waals surface area contributed by atoms with Gasteiger partial charge >= 0.3 is 59.7 Å². The van der Waals surface area contributed by atoms with Crippen molar-refractivity contribution in [2.45, 2.75) is 32.1 Å². The van der Waals surface area contributed by atoms with Gasteiger partial charge in [0.25, 0.3) is 28.9 Å². The number of carboxylic acids is 10. The molecule has 0 saturated heterocycles. The van der Waals surface area contributed by atoms with Crippen molar-refractivity contribution in [1.82, 2.24) is 0 Å². The number of hydrogen-bond acceptors (Lipinski definition) is 15. The first-order valence-corrected chi connectivity index (χ1v) is 10.1. The Balaban J connectivity index is -0.0000000842. The van der Waals surface area contributed by atoms with Crippen LogP contribution in [0.1, 0.15) is 32.1 Å². The van der Waals surface area contributed by atoms with Crippen LogP contribution >= 0.6 is 0 Å². The van der Waals surface area contributed by atoms with Crippen LogP contribution in [-0.4, -0.2) is 140 Å². The van der Waals surface area contributed by atoms with Gasteiger partial charge in [0.05, 0.1) is 0 Å². The van der Waals surface area contributed by atoms with Gasteiger partial charge in [-0.05, 0) is 0 Å². The molecule has 0 aromatic heterocycles. The maximum atomic E-state index is 9.97. The molecule has 0 unspecified atom stereocenters. The number of hydrogen-bond donors (Lipinski definition) is 10. The summed E-state index contributed by atoms with van der Waals surface area (Å²) in [5, 5.41) is 78.3.